The van der Waals surface area contributed by atoms with E-state index in [0.29, 0.717) is 18.4 Å². The molecule has 1 aromatic rings. The summed E-state index contributed by atoms with van der Waals surface area (Å²) in [5, 5.41) is 9.48. The van der Waals surface area contributed by atoms with Gasteiger partial charge >= 0.3 is 0 Å². The molecule has 90 valence electrons. The second-order valence-electron chi connectivity index (χ2n) is 4.76. The minimum absolute atomic E-state index is 0.483. The van der Waals surface area contributed by atoms with E-state index >= 15 is 0 Å². The summed E-state index contributed by atoms with van der Waals surface area (Å²) in [4.78, 5) is 0. The highest BCUT2D eigenvalue weighted by Gasteiger charge is 2.11. The zero-order valence-electron chi connectivity index (χ0n) is 9.76. The summed E-state index contributed by atoms with van der Waals surface area (Å²) in [6.45, 7) is 3.51. The Labute approximate surface area is 95.1 Å². The Morgan fingerprint density at radius 2 is 1.88 bits per heavy atom. The van der Waals surface area contributed by atoms with E-state index in [1.165, 1.54) is 12.1 Å². The molecule has 16 heavy (non-hydrogen) atoms. The van der Waals surface area contributed by atoms with Crippen LogP contribution in [0, 0.1) is 11.6 Å². The quantitative estimate of drug-likeness (QED) is 0.765. The van der Waals surface area contributed by atoms with Crippen molar-refractivity contribution in [1.82, 2.24) is 0 Å². The third-order valence-electron chi connectivity index (χ3n) is 2.50. The number of halogens is 2. The largest absolute Gasteiger partial charge is 0.390 e. The summed E-state index contributed by atoms with van der Waals surface area (Å²) in [6, 6.07) is 3.66. The number of unbranched alkanes of at least 4 members (excludes halogenated alkanes) is 1. The van der Waals surface area contributed by atoms with Crippen molar-refractivity contribution in [3.8, 4) is 0 Å². The fourth-order valence-corrected chi connectivity index (χ4v) is 1.60. The molecular weight excluding hydrogens is 210 g/mol. The summed E-state index contributed by atoms with van der Waals surface area (Å²) in [6.07, 6.45) is 2.91. The highest BCUT2D eigenvalue weighted by Crippen LogP contribution is 2.16. The molecular formula is C13H18F2O. The number of hydrogen-bond acceptors (Lipinski definition) is 1. The molecule has 0 aliphatic rings. The first-order valence-electron chi connectivity index (χ1n) is 5.55. The summed E-state index contributed by atoms with van der Waals surface area (Å²) >= 11 is 0. The van der Waals surface area contributed by atoms with Gasteiger partial charge in [-0.15, -0.1) is 0 Å². The van der Waals surface area contributed by atoms with E-state index < -0.39 is 17.2 Å². The highest BCUT2D eigenvalue weighted by molar-refractivity contribution is 5.18. The zero-order valence-corrected chi connectivity index (χ0v) is 9.76. The molecule has 0 fully saturated rings. The van der Waals surface area contributed by atoms with Crippen LogP contribution in [0.25, 0.3) is 0 Å². The number of hydrogen-bond donors (Lipinski definition) is 1. The lowest BCUT2D eigenvalue weighted by Crippen LogP contribution is -2.17. The van der Waals surface area contributed by atoms with Crippen LogP contribution in [0.2, 0.25) is 0 Å². The molecule has 0 aromatic heterocycles. The maximum Gasteiger partial charge on any atom is 0.129 e. The van der Waals surface area contributed by atoms with Crippen molar-refractivity contribution in [2.24, 2.45) is 0 Å². The molecule has 0 aliphatic heterocycles. The lowest BCUT2D eigenvalue weighted by Gasteiger charge is -2.16. The molecule has 3 heteroatoms. The normalized spacial score (nSPS) is 11.8. The molecule has 1 aromatic carbocycles. The van der Waals surface area contributed by atoms with Crippen LogP contribution in [0.4, 0.5) is 8.78 Å². The van der Waals surface area contributed by atoms with E-state index in [1.54, 1.807) is 13.8 Å². The van der Waals surface area contributed by atoms with E-state index in [1.807, 2.05) is 0 Å². The fourth-order valence-electron chi connectivity index (χ4n) is 1.60. The molecule has 0 aliphatic carbocycles. The van der Waals surface area contributed by atoms with Crippen molar-refractivity contribution in [2.75, 3.05) is 0 Å². The van der Waals surface area contributed by atoms with Crippen LogP contribution in [0.5, 0.6) is 0 Å². The third-order valence-corrected chi connectivity index (χ3v) is 2.50. The van der Waals surface area contributed by atoms with Gasteiger partial charge in [-0.2, -0.15) is 0 Å². The second-order valence-corrected chi connectivity index (χ2v) is 4.76. The van der Waals surface area contributed by atoms with Gasteiger partial charge in [-0.1, -0.05) is 12.5 Å². The molecule has 0 saturated carbocycles. The van der Waals surface area contributed by atoms with Gasteiger partial charge in [0.15, 0.2) is 0 Å². The van der Waals surface area contributed by atoms with Crippen molar-refractivity contribution in [3.05, 3.63) is 35.4 Å². The van der Waals surface area contributed by atoms with Crippen LogP contribution in [0.3, 0.4) is 0 Å². The Balaban J connectivity index is 2.38. The van der Waals surface area contributed by atoms with Gasteiger partial charge in [-0.05, 0) is 44.7 Å². The van der Waals surface area contributed by atoms with Crippen LogP contribution < -0.4 is 0 Å². The van der Waals surface area contributed by atoms with Crippen LogP contribution in [0.15, 0.2) is 18.2 Å². The first-order valence-corrected chi connectivity index (χ1v) is 5.55. The van der Waals surface area contributed by atoms with Gasteiger partial charge in [0.05, 0.1) is 5.60 Å². The molecule has 0 bridgehead atoms. The maximum atomic E-state index is 13.2. The van der Waals surface area contributed by atoms with Crippen molar-refractivity contribution < 1.29 is 13.9 Å². The van der Waals surface area contributed by atoms with E-state index in [2.05, 4.69) is 0 Å². The SMILES string of the molecule is CC(C)(O)CCCCc1ccc(F)cc1F. The number of aryl methyl sites for hydroxylation is 1. The summed E-state index contributed by atoms with van der Waals surface area (Å²) < 4.78 is 25.8. The van der Waals surface area contributed by atoms with Gasteiger partial charge in [0.25, 0.3) is 0 Å². The summed E-state index contributed by atoms with van der Waals surface area (Å²) in [5.41, 5.74) is -0.126. The predicted molar refractivity (Wildman–Crippen MR) is 60.2 cm³/mol. The lowest BCUT2D eigenvalue weighted by molar-refractivity contribution is 0.0682. The monoisotopic (exact) mass is 228 g/mol. The molecule has 0 radical (unpaired) electrons. The highest BCUT2D eigenvalue weighted by atomic mass is 19.1. The van der Waals surface area contributed by atoms with Crippen LogP contribution in [-0.4, -0.2) is 10.7 Å². The van der Waals surface area contributed by atoms with Gasteiger partial charge < -0.3 is 5.11 Å². The summed E-state index contributed by atoms with van der Waals surface area (Å²) in [5.74, 6) is -1.03. The van der Waals surface area contributed by atoms with Crippen molar-refractivity contribution >= 4 is 0 Å². The maximum absolute atomic E-state index is 13.2. The minimum atomic E-state index is -0.665. The Bertz CT molecular complexity index is 342. The molecule has 1 N–H and O–H groups in total. The molecule has 0 spiro atoms. The summed E-state index contributed by atoms with van der Waals surface area (Å²) in [7, 11) is 0. The van der Waals surface area contributed by atoms with E-state index in [0.717, 1.165) is 18.9 Å². The lowest BCUT2D eigenvalue weighted by atomic mass is 9.99. The van der Waals surface area contributed by atoms with Crippen LogP contribution in [-0.2, 0) is 6.42 Å². The molecule has 0 amide bonds. The van der Waals surface area contributed by atoms with Gasteiger partial charge in [0.2, 0.25) is 0 Å². The molecule has 0 heterocycles. The predicted octanol–water partition coefficient (Wildman–Crippen LogP) is 3.45. The van der Waals surface area contributed by atoms with E-state index in [-0.39, 0.29) is 0 Å². The van der Waals surface area contributed by atoms with Gasteiger partial charge in [0.1, 0.15) is 11.6 Å². The molecule has 1 nitrogen and oxygen atoms in total. The molecule has 0 atom stereocenters. The smallest absolute Gasteiger partial charge is 0.129 e. The number of rotatable bonds is 5. The molecule has 0 unspecified atom stereocenters. The Hall–Kier alpha value is -0.960. The Morgan fingerprint density at radius 1 is 1.19 bits per heavy atom. The van der Waals surface area contributed by atoms with E-state index in [4.69, 9.17) is 0 Å². The van der Waals surface area contributed by atoms with Gasteiger partial charge in [-0.3, -0.25) is 0 Å². The molecule has 1 rings (SSSR count). The first kappa shape index (κ1) is 13.1. The average Bonchev–Trinajstić information content (AvgIpc) is 2.13. The minimum Gasteiger partial charge on any atom is -0.390 e. The van der Waals surface area contributed by atoms with Crippen molar-refractivity contribution in [2.45, 2.75) is 45.1 Å². The fraction of sp³-hybridized carbons (Fsp3) is 0.538. The second kappa shape index (κ2) is 5.39. The number of aliphatic hydroxyl groups is 1. The molecule has 0 saturated heterocycles. The van der Waals surface area contributed by atoms with Gasteiger partial charge in [-0.25, -0.2) is 8.78 Å². The Morgan fingerprint density at radius 3 is 2.44 bits per heavy atom. The van der Waals surface area contributed by atoms with Crippen molar-refractivity contribution in [1.29, 1.82) is 0 Å². The number of benzene rings is 1. The van der Waals surface area contributed by atoms with Crippen LogP contribution >= 0.6 is 0 Å². The van der Waals surface area contributed by atoms with Crippen LogP contribution in [0.1, 0.15) is 38.7 Å². The standard InChI is InChI=1S/C13H18F2O/c1-13(2,16)8-4-3-5-10-6-7-11(14)9-12(10)15/h6-7,9,16H,3-5,8H2,1-2H3. The van der Waals surface area contributed by atoms with Crippen molar-refractivity contribution in [3.63, 3.8) is 0 Å². The van der Waals surface area contributed by atoms with Gasteiger partial charge in [0, 0.05) is 6.07 Å². The van der Waals surface area contributed by atoms with E-state index in [9.17, 15) is 13.9 Å². The first-order chi connectivity index (χ1) is 7.38. The Kier molecular flexibility index (Phi) is 4.42. The third kappa shape index (κ3) is 4.71. The average molecular weight is 228 g/mol. The zero-order chi connectivity index (χ0) is 12.2. The topological polar surface area (TPSA) is 20.2 Å².